The maximum atomic E-state index is 13.2. The molecule has 188 valence electrons. The number of nitrogens with one attached hydrogen (secondary N) is 1. The minimum atomic E-state index is -1.06. The molecule has 1 fully saturated rings. The zero-order chi connectivity index (χ0) is 25.7. The Morgan fingerprint density at radius 2 is 1.75 bits per heavy atom. The topological polar surface area (TPSA) is 100 Å². The Labute approximate surface area is 212 Å². The van der Waals surface area contributed by atoms with Gasteiger partial charge in [-0.05, 0) is 54.5 Å². The second kappa shape index (κ2) is 11.3. The SMILES string of the molecule is COc1ccc(CCNC(=O)[C@H](C#N)c2nc3ccccc3nc2N2C[C@H](C)C[C@@H](C)C2)cc1OC. The summed E-state index contributed by atoms with van der Waals surface area (Å²) in [6.07, 6.45) is 1.73. The molecule has 1 aromatic heterocycles. The summed E-state index contributed by atoms with van der Waals surface area (Å²) >= 11 is 0. The smallest absolute Gasteiger partial charge is 0.243 e. The van der Waals surface area contributed by atoms with E-state index in [-0.39, 0.29) is 5.91 Å². The summed E-state index contributed by atoms with van der Waals surface area (Å²) in [7, 11) is 3.18. The largest absolute Gasteiger partial charge is 0.493 e. The van der Waals surface area contributed by atoms with Gasteiger partial charge in [-0.1, -0.05) is 32.0 Å². The van der Waals surface area contributed by atoms with Gasteiger partial charge in [0.15, 0.2) is 23.2 Å². The van der Waals surface area contributed by atoms with Crippen molar-refractivity contribution in [2.45, 2.75) is 32.6 Å². The predicted molar refractivity (Wildman–Crippen MR) is 139 cm³/mol. The van der Waals surface area contributed by atoms with E-state index >= 15 is 0 Å². The van der Waals surface area contributed by atoms with Crippen LogP contribution >= 0.6 is 0 Å². The van der Waals surface area contributed by atoms with Crippen molar-refractivity contribution < 1.29 is 14.3 Å². The lowest BCUT2D eigenvalue weighted by molar-refractivity contribution is -0.121. The standard InChI is InChI=1S/C28H33N5O3/c1-18-13-19(2)17-33(16-18)27-26(31-22-7-5-6-8-23(22)32-27)21(15-29)28(34)30-12-11-20-9-10-24(35-3)25(14-20)36-4/h5-10,14,18-19,21H,11-13,16-17H2,1-4H3,(H,30,34)/t18-,19-,21-/m1/s1. The third kappa shape index (κ3) is 5.51. The summed E-state index contributed by atoms with van der Waals surface area (Å²) in [6, 6.07) is 15.4. The summed E-state index contributed by atoms with van der Waals surface area (Å²) in [5, 5.41) is 13.0. The Bertz CT molecular complexity index is 1260. The number of methoxy groups -OCH3 is 2. The van der Waals surface area contributed by atoms with Crippen LogP contribution in [-0.2, 0) is 11.2 Å². The number of ether oxygens (including phenoxy) is 2. The highest BCUT2D eigenvalue weighted by molar-refractivity contribution is 5.88. The number of anilines is 1. The van der Waals surface area contributed by atoms with Gasteiger partial charge in [-0.3, -0.25) is 4.79 Å². The molecule has 0 aliphatic carbocycles. The Hall–Kier alpha value is -3.86. The molecule has 0 radical (unpaired) electrons. The zero-order valence-corrected chi connectivity index (χ0v) is 21.3. The second-order valence-electron chi connectivity index (χ2n) is 9.56. The van der Waals surface area contributed by atoms with Crippen LogP contribution in [0.1, 0.15) is 37.4 Å². The lowest BCUT2D eigenvalue weighted by Gasteiger charge is -2.36. The van der Waals surface area contributed by atoms with Gasteiger partial charge in [-0.2, -0.15) is 5.26 Å². The molecule has 1 aliphatic heterocycles. The summed E-state index contributed by atoms with van der Waals surface area (Å²) < 4.78 is 10.6. The second-order valence-corrected chi connectivity index (χ2v) is 9.56. The number of rotatable bonds is 8. The molecular formula is C28H33N5O3. The molecular weight excluding hydrogens is 454 g/mol. The van der Waals surface area contributed by atoms with Crippen LogP contribution in [-0.4, -0.2) is 49.7 Å². The molecule has 3 aromatic rings. The first-order valence-electron chi connectivity index (χ1n) is 12.3. The molecule has 1 saturated heterocycles. The monoisotopic (exact) mass is 487 g/mol. The molecule has 3 atom stereocenters. The van der Waals surface area contributed by atoms with Crippen LogP contribution in [0, 0.1) is 23.2 Å². The lowest BCUT2D eigenvalue weighted by Crippen LogP contribution is -2.40. The number of benzene rings is 2. The van der Waals surface area contributed by atoms with E-state index in [4.69, 9.17) is 19.4 Å². The zero-order valence-electron chi connectivity index (χ0n) is 21.3. The number of fused-ring (bicyclic) bond motifs is 1. The van der Waals surface area contributed by atoms with Crippen LogP contribution in [0.5, 0.6) is 11.5 Å². The lowest BCUT2D eigenvalue weighted by atomic mass is 9.91. The van der Waals surface area contributed by atoms with Crippen LogP contribution < -0.4 is 19.7 Å². The first kappa shape index (κ1) is 25.2. The van der Waals surface area contributed by atoms with Crippen molar-refractivity contribution in [3.05, 3.63) is 53.7 Å². The molecule has 8 nitrogen and oxygen atoms in total. The normalized spacial score (nSPS) is 18.4. The molecule has 1 N–H and O–H groups in total. The Balaban J connectivity index is 1.56. The van der Waals surface area contributed by atoms with E-state index in [0.717, 1.165) is 30.6 Å². The third-order valence-corrected chi connectivity index (χ3v) is 6.57. The fraction of sp³-hybridized carbons (Fsp3) is 0.429. The third-order valence-electron chi connectivity index (χ3n) is 6.57. The van der Waals surface area contributed by atoms with Crippen LogP contribution in [0.15, 0.2) is 42.5 Å². The van der Waals surface area contributed by atoms with Gasteiger partial charge in [0.05, 0.1) is 31.3 Å². The van der Waals surface area contributed by atoms with E-state index in [1.54, 1.807) is 14.2 Å². The van der Waals surface area contributed by atoms with E-state index in [1.807, 2.05) is 42.5 Å². The van der Waals surface area contributed by atoms with Gasteiger partial charge in [0.2, 0.25) is 5.91 Å². The maximum Gasteiger partial charge on any atom is 0.243 e. The molecule has 1 aliphatic rings. The van der Waals surface area contributed by atoms with Gasteiger partial charge >= 0.3 is 0 Å². The molecule has 4 rings (SSSR count). The number of para-hydroxylation sites is 2. The summed E-state index contributed by atoms with van der Waals surface area (Å²) in [4.78, 5) is 25.1. The van der Waals surface area contributed by atoms with Gasteiger partial charge in [-0.25, -0.2) is 9.97 Å². The fourth-order valence-corrected chi connectivity index (χ4v) is 4.98. The van der Waals surface area contributed by atoms with Crippen LogP contribution in [0.2, 0.25) is 0 Å². The fourth-order valence-electron chi connectivity index (χ4n) is 4.98. The van der Waals surface area contributed by atoms with Crippen molar-refractivity contribution in [3.63, 3.8) is 0 Å². The predicted octanol–water partition coefficient (Wildman–Crippen LogP) is 4.10. The molecule has 1 amide bonds. The number of aromatic nitrogens is 2. The number of piperidine rings is 1. The summed E-state index contributed by atoms with van der Waals surface area (Å²) in [5.41, 5.74) is 2.84. The summed E-state index contributed by atoms with van der Waals surface area (Å²) in [5.74, 6) is 1.47. The highest BCUT2D eigenvalue weighted by Crippen LogP contribution is 2.32. The van der Waals surface area contributed by atoms with Gasteiger partial charge in [0.1, 0.15) is 5.69 Å². The number of nitriles is 1. The molecule has 0 saturated carbocycles. The van der Waals surface area contributed by atoms with Gasteiger partial charge in [0.25, 0.3) is 0 Å². The maximum absolute atomic E-state index is 13.2. The minimum Gasteiger partial charge on any atom is -0.493 e. The Morgan fingerprint density at radius 3 is 2.39 bits per heavy atom. The number of carbonyl (C=O) groups excluding carboxylic acids is 1. The van der Waals surface area contributed by atoms with Crippen molar-refractivity contribution in [2.24, 2.45) is 11.8 Å². The minimum absolute atomic E-state index is 0.373. The van der Waals surface area contributed by atoms with E-state index < -0.39 is 5.92 Å². The number of amides is 1. The van der Waals surface area contributed by atoms with Gasteiger partial charge in [-0.15, -0.1) is 0 Å². The number of nitrogens with zero attached hydrogens (tertiary/aromatic N) is 4. The van der Waals surface area contributed by atoms with Crippen molar-refractivity contribution in [3.8, 4) is 17.6 Å². The van der Waals surface area contributed by atoms with Gasteiger partial charge < -0.3 is 19.7 Å². The number of hydrogen-bond acceptors (Lipinski definition) is 7. The van der Waals surface area contributed by atoms with Crippen molar-refractivity contribution in [2.75, 3.05) is 38.8 Å². The van der Waals surface area contributed by atoms with E-state index in [0.29, 0.717) is 53.3 Å². The molecule has 2 aromatic carbocycles. The highest BCUT2D eigenvalue weighted by atomic mass is 16.5. The molecule has 0 bridgehead atoms. The van der Waals surface area contributed by atoms with E-state index in [2.05, 4.69) is 30.1 Å². The number of hydrogen-bond donors (Lipinski definition) is 1. The molecule has 0 unspecified atom stereocenters. The molecule has 8 heteroatoms. The molecule has 36 heavy (non-hydrogen) atoms. The quantitative estimate of drug-likeness (QED) is 0.511. The molecule has 2 heterocycles. The van der Waals surface area contributed by atoms with Crippen LogP contribution in [0.25, 0.3) is 11.0 Å². The average Bonchev–Trinajstić information content (AvgIpc) is 2.88. The van der Waals surface area contributed by atoms with Crippen LogP contribution in [0.3, 0.4) is 0 Å². The van der Waals surface area contributed by atoms with Crippen molar-refractivity contribution >= 4 is 22.8 Å². The first-order valence-corrected chi connectivity index (χ1v) is 12.3. The van der Waals surface area contributed by atoms with Crippen molar-refractivity contribution in [1.82, 2.24) is 15.3 Å². The van der Waals surface area contributed by atoms with E-state index in [1.165, 1.54) is 0 Å². The van der Waals surface area contributed by atoms with Gasteiger partial charge in [0, 0.05) is 19.6 Å². The first-order chi connectivity index (χ1) is 17.4. The Morgan fingerprint density at radius 1 is 1.08 bits per heavy atom. The average molecular weight is 488 g/mol. The Kier molecular flexibility index (Phi) is 7.89. The van der Waals surface area contributed by atoms with Crippen molar-refractivity contribution in [1.29, 1.82) is 5.26 Å². The number of carbonyl (C=O) groups is 1. The summed E-state index contributed by atoms with van der Waals surface area (Å²) in [6.45, 7) is 6.46. The van der Waals surface area contributed by atoms with Crippen LogP contribution in [0.4, 0.5) is 5.82 Å². The highest BCUT2D eigenvalue weighted by Gasteiger charge is 2.31. The molecule has 0 spiro atoms. The van der Waals surface area contributed by atoms with E-state index in [9.17, 15) is 10.1 Å².